The van der Waals surface area contributed by atoms with Gasteiger partial charge >= 0.3 is 6.03 Å². The lowest BCUT2D eigenvalue weighted by Gasteiger charge is -2.56. The van der Waals surface area contributed by atoms with Crippen molar-refractivity contribution < 1.29 is 19.4 Å². The molecule has 0 spiro atoms. The van der Waals surface area contributed by atoms with Crippen LogP contribution in [0.3, 0.4) is 0 Å². The Balaban J connectivity index is 1.01. The number of nitrogens with zero attached hydrogens (tertiary/aromatic N) is 1. The van der Waals surface area contributed by atoms with Crippen LogP contribution < -0.4 is 10.6 Å². The van der Waals surface area contributed by atoms with Crippen molar-refractivity contribution in [1.82, 2.24) is 15.5 Å². The zero-order valence-electron chi connectivity index (χ0n) is 36.5. The molecule has 3 N–H and O–H groups in total. The van der Waals surface area contributed by atoms with E-state index in [9.17, 15) is 9.90 Å². The third kappa shape index (κ3) is 12.4. The summed E-state index contributed by atoms with van der Waals surface area (Å²) in [6.07, 6.45) is 23.4. The van der Waals surface area contributed by atoms with Crippen LogP contribution in [0, 0.1) is 17.8 Å². The fourth-order valence-electron chi connectivity index (χ4n) is 11.3. The molecule has 322 valence electrons. The number of hydrogen-bond donors (Lipinski definition) is 3. The van der Waals surface area contributed by atoms with Crippen molar-refractivity contribution in [2.75, 3.05) is 19.6 Å². The Bertz CT molecular complexity index is 1660. The van der Waals surface area contributed by atoms with Crippen LogP contribution in [0.2, 0.25) is 0 Å². The van der Waals surface area contributed by atoms with Crippen LogP contribution in [0.15, 0.2) is 72.8 Å². The van der Waals surface area contributed by atoms with Crippen molar-refractivity contribution in [3.8, 4) is 11.1 Å². The van der Waals surface area contributed by atoms with Crippen LogP contribution in [0.4, 0.5) is 4.79 Å². The van der Waals surface area contributed by atoms with Crippen LogP contribution in [-0.2, 0) is 22.6 Å². The van der Waals surface area contributed by atoms with Crippen LogP contribution in [0.1, 0.15) is 170 Å². The van der Waals surface area contributed by atoms with Gasteiger partial charge in [0.2, 0.25) is 0 Å². The molecule has 8 rings (SSSR count). The van der Waals surface area contributed by atoms with Crippen molar-refractivity contribution in [3.05, 3.63) is 95.1 Å². The zero-order valence-corrected chi connectivity index (χ0v) is 36.5. The summed E-state index contributed by atoms with van der Waals surface area (Å²) >= 11 is 0. The molecule has 0 unspecified atom stereocenters. The molecule has 4 bridgehead atoms. The smallest absolute Gasteiger partial charge is 0.315 e. The molecular weight excluding hydrogens is 731 g/mol. The highest BCUT2D eigenvalue weighted by Gasteiger charge is 2.51. The van der Waals surface area contributed by atoms with E-state index in [0.717, 1.165) is 96.5 Å². The quantitative estimate of drug-likeness (QED) is 0.0832. The summed E-state index contributed by atoms with van der Waals surface area (Å²) < 4.78 is 13.7. The average Bonchev–Trinajstić information content (AvgIpc) is 3.24. The van der Waals surface area contributed by atoms with Gasteiger partial charge in [-0.15, -0.1) is 0 Å². The van der Waals surface area contributed by atoms with Crippen LogP contribution in [0.5, 0.6) is 0 Å². The van der Waals surface area contributed by atoms with Gasteiger partial charge in [0, 0.05) is 30.6 Å². The van der Waals surface area contributed by atoms with Crippen molar-refractivity contribution in [2.24, 2.45) is 17.8 Å². The third-order valence-electron chi connectivity index (χ3n) is 14.1. The van der Waals surface area contributed by atoms with Gasteiger partial charge in [0.05, 0.1) is 18.8 Å². The van der Waals surface area contributed by atoms with E-state index in [-0.39, 0.29) is 30.4 Å². The number of unbranched alkanes of at least 4 members (excludes halogenated alkanes) is 10. The topological polar surface area (TPSA) is 83.1 Å². The summed E-state index contributed by atoms with van der Waals surface area (Å²) in [5.41, 5.74) is 6.39. The van der Waals surface area contributed by atoms with Gasteiger partial charge in [-0.2, -0.15) is 0 Å². The van der Waals surface area contributed by atoms with Gasteiger partial charge in [0.25, 0.3) is 0 Å². The number of carbonyl (C=O) groups is 1. The Labute approximate surface area is 356 Å². The molecule has 4 aliphatic carbocycles. The molecular formula is C52H75N3O4. The molecule has 59 heavy (non-hydrogen) atoms. The molecule has 3 aromatic carbocycles. The molecule has 0 radical (unpaired) electrons. The molecule has 5 aliphatic rings. The molecule has 5 fully saturated rings. The highest BCUT2D eigenvalue weighted by molar-refractivity contribution is 5.76. The number of aliphatic hydroxyl groups is 1. The number of rotatable bonds is 23. The molecule has 2 amide bonds. The fraction of sp³-hybridized carbons (Fsp3) is 0.635. The minimum absolute atomic E-state index is 0.00159. The maximum atomic E-state index is 13.4. The van der Waals surface area contributed by atoms with Crippen LogP contribution in [-0.4, -0.2) is 47.3 Å². The van der Waals surface area contributed by atoms with E-state index in [1.54, 1.807) is 0 Å². The summed E-state index contributed by atoms with van der Waals surface area (Å²) in [5.74, 6) is 2.39. The van der Waals surface area contributed by atoms with Crippen molar-refractivity contribution in [2.45, 2.75) is 173 Å². The number of hydrogen-bond acceptors (Lipinski definition) is 5. The molecule has 7 heteroatoms. The van der Waals surface area contributed by atoms with Crippen molar-refractivity contribution in [1.29, 1.82) is 0 Å². The molecule has 3 atom stereocenters. The Morgan fingerprint density at radius 2 is 1.27 bits per heavy atom. The number of carbonyl (C=O) groups excluding carboxylic acids is 1. The van der Waals surface area contributed by atoms with E-state index in [4.69, 9.17) is 9.47 Å². The van der Waals surface area contributed by atoms with E-state index in [0.29, 0.717) is 6.54 Å². The average molecular weight is 806 g/mol. The molecule has 1 aliphatic heterocycles. The number of urea groups is 1. The molecule has 1 saturated heterocycles. The largest absolute Gasteiger partial charge is 0.392 e. The second kappa shape index (κ2) is 22.0. The molecule has 4 saturated carbocycles. The first-order valence-corrected chi connectivity index (χ1v) is 23.9. The first-order chi connectivity index (χ1) is 28.9. The molecule has 3 aromatic rings. The van der Waals surface area contributed by atoms with Gasteiger partial charge in [-0.25, -0.2) is 4.79 Å². The molecule has 1 heterocycles. The second-order valence-corrected chi connectivity index (χ2v) is 19.0. The van der Waals surface area contributed by atoms with Gasteiger partial charge < -0.3 is 30.1 Å². The normalized spacial score (nSPS) is 26.0. The Morgan fingerprint density at radius 1 is 0.695 bits per heavy atom. The number of nitrogens with one attached hydrogen (secondary N) is 2. The summed E-state index contributed by atoms with van der Waals surface area (Å²) in [6, 6.07) is 25.3. The highest BCUT2D eigenvalue weighted by Crippen LogP contribution is 2.55. The van der Waals surface area contributed by atoms with Crippen LogP contribution >= 0.6 is 0 Å². The van der Waals surface area contributed by atoms with E-state index in [1.807, 2.05) is 12.1 Å². The Kier molecular flexibility index (Phi) is 16.4. The maximum absolute atomic E-state index is 13.4. The lowest BCUT2D eigenvalue weighted by molar-refractivity contribution is -0.253. The van der Waals surface area contributed by atoms with Crippen molar-refractivity contribution in [3.63, 3.8) is 0 Å². The predicted octanol–water partition coefficient (Wildman–Crippen LogP) is 12.2. The number of ether oxygens (including phenoxy) is 2. The van der Waals surface area contributed by atoms with E-state index >= 15 is 0 Å². The van der Waals surface area contributed by atoms with Crippen molar-refractivity contribution >= 4 is 6.03 Å². The van der Waals surface area contributed by atoms with E-state index < -0.39 is 6.29 Å². The molecule has 7 nitrogen and oxygen atoms in total. The van der Waals surface area contributed by atoms with E-state index in [2.05, 4.69) is 90.0 Å². The number of aliphatic hydroxyl groups excluding tert-OH is 1. The van der Waals surface area contributed by atoms with Gasteiger partial charge in [-0.3, -0.25) is 0 Å². The standard InChI is InChI=1S/C52H75N3O4/c1-3-5-7-9-11-15-27-55(28-16-12-10-8-6-4-2)37-47-32-49(44-21-19-39(38-56)20-22-44)59-50(58-47)45-25-23-43(24-26-45)48-18-14-13-17-46(48)36-53-51(57)54-52-33-40-29-41(34-52)31-42(30-40)35-52/h13-14,17-26,40-42,47,49-50,56H,3-12,15-16,27-38H2,1-2H3,(H2,53,54,57)/t40?,41?,42?,47-,49+,50+,52?/m0/s1. The van der Waals surface area contributed by atoms with Crippen LogP contribution in [0.25, 0.3) is 11.1 Å². The number of amides is 2. The second-order valence-electron chi connectivity index (χ2n) is 19.0. The Morgan fingerprint density at radius 3 is 1.88 bits per heavy atom. The highest BCUT2D eigenvalue weighted by atomic mass is 16.7. The zero-order chi connectivity index (χ0) is 40.9. The lowest BCUT2D eigenvalue weighted by Crippen LogP contribution is -2.61. The lowest BCUT2D eigenvalue weighted by atomic mass is 9.53. The first-order valence-electron chi connectivity index (χ1n) is 23.9. The Hall–Kier alpha value is -3.23. The number of benzene rings is 3. The van der Waals surface area contributed by atoms with Gasteiger partial charge in [0.1, 0.15) is 0 Å². The summed E-state index contributed by atoms with van der Waals surface area (Å²) in [4.78, 5) is 16.0. The van der Waals surface area contributed by atoms with Gasteiger partial charge in [0.15, 0.2) is 6.29 Å². The summed E-state index contributed by atoms with van der Waals surface area (Å²) in [6.45, 7) is 8.24. The maximum Gasteiger partial charge on any atom is 0.315 e. The van der Waals surface area contributed by atoms with Gasteiger partial charge in [-0.1, -0.05) is 151 Å². The monoisotopic (exact) mass is 806 g/mol. The summed E-state index contributed by atoms with van der Waals surface area (Å²) in [5, 5.41) is 16.4. The first kappa shape index (κ1) is 43.8. The summed E-state index contributed by atoms with van der Waals surface area (Å²) in [7, 11) is 0. The SMILES string of the molecule is CCCCCCCCN(CCCCCCCC)C[C@@H]1C[C@H](c2ccc(CO)cc2)O[C@H](c2ccc(-c3ccccc3CNC(=O)NC34CC5CC(CC(C5)C3)C4)cc2)O1. The predicted molar refractivity (Wildman–Crippen MR) is 240 cm³/mol. The third-order valence-corrected chi connectivity index (χ3v) is 14.1. The minimum atomic E-state index is -0.486. The minimum Gasteiger partial charge on any atom is -0.392 e. The van der Waals surface area contributed by atoms with E-state index in [1.165, 1.54) is 96.3 Å². The fourth-order valence-corrected chi connectivity index (χ4v) is 11.3. The molecule has 0 aromatic heterocycles. The van der Waals surface area contributed by atoms with Gasteiger partial charge in [-0.05, 0) is 110 Å².